The summed E-state index contributed by atoms with van der Waals surface area (Å²) in [5, 5.41) is 17.7. The maximum absolute atomic E-state index is 9.20. The van der Waals surface area contributed by atoms with Crippen molar-refractivity contribution in [3.8, 4) is 0 Å². The quantitative estimate of drug-likeness (QED) is 0.845. The van der Waals surface area contributed by atoms with E-state index in [0.29, 0.717) is 18.9 Å². The lowest BCUT2D eigenvalue weighted by atomic mass is 10.1. The average Bonchev–Trinajstić information content (AvgIpc) is 2.97. The van der Waals surface area contributed by atoms with Crippen molar-refractivity contribution < 1.29 is 9.63 Å². The molecule has 0 amide bonds. The molecule has 0 saturated carbocycles. The summed E-state index contributed by atoms with van der Waals surface area (Å²) < 4.78 is 6.99. The summed E-state index contributed by atoms with van der Waals surface area (Å²) >= 11 is 0. The molecule has 0 saturated heterocycles. The van der Waals surface area contributed by atoms with Gasteiger partial charge in [-0.3, -0.25) is 0 Å². The van der Waals surface area contributed by atoms with Crippen LogP contribution in [0, 0.1) is 19.8 Å². The molecule has 2 aromatic rings. The van der Waals surface area contributed by atoms with E-state index in [2.05, 4.69) is 29.1 Å². The number of aromatic nitrogens is 4. The van der Waals surface area contributed by atoms with Crippen LogP contribution in [-0.2, 0) is 19.4 Å². The van der Waals surface area contributed by atoms with Gasteiger partial charge in [0.25, 0.3) is 0 Å². The van der Waals surface area contributed by atoms with Crippen LogP contribution in [0.25, 0.3) is 0 Å². The highest BCUT2D eigenvalue weighted by atomic mass is 16.5. The van der Waals surface area contributed by atoms with E-state index in [0.717, 1.165) is 41.5 Å². The predicted molar refractivity (Wildman–Crippen MR) is 79.0 cm³/mol. The van der Waals surface area contributed by atoms with Crippen molar-refractivity contribution in [1.82, 2.24) is 19.9 Å². The summed E-state index contributed by atoms with van der Waals surface area (Å²) in [6.07, 6.45) is 2.60. The Kier molecular flexibility index (Phi) is 5.12. The molecule has 2 aromatic heterocycles. The monoisotopic (exact) mass is 292 g/mol. The van der Waals surface area contributed by atoms with Crippen LogP contribution >= 0.6 is 0 Å². The Bertz CT molecular complexity index is 569. The number of aryl methyl sites for hydroxylation is 2. The molecule has 1 unspecified atom stereocenters. The third-order valence-corrected chi connectivity index (χ3v) is 3.85. The minimum absolute atomic E-state index is 0.0563. The van der Waals surface area contributed by atoms with Crippen molar-refractivity contribution in [2.45, 2.75) is 53.5 Å². The minimum atomic E-state index is 0.0563. The van der Waals surface area contributed by atoms with Gasteiger partial charge in [0, 0.05) is 18.4 Å². The van der Waals surface area contributed by atoms with Crippen LogP contribution < -0.4 is 0 Å². The van der Waals surface area contributed by atoms with Crippen LogP contribution in [0.5, 0.6) is 0 Å². The maximum Gasteiger partial charge on any atom is 0.151 e. The van der Waals surface area contributed by atoms with Gasteiger partial charge in [0.1, 0.15) is 11.6 Å². The molecule has 1 atom stereocenters. The second-order valence-electron chi connectivity index (χ2n) is 5.59. The van der Waals surface area contributed by atoms with Crippen LogP contribution in [-0.4, -0.2) is 31.6 Å². The van der Waals surface area contributed by atoms with E-state index in [4.69, 9.17) is 4.52 Å². The first-order valence-electron chi connectivity index (χ1n) is 7.50. The number of rotatable bonds is 7. The highest BCUT2D eigenvalue weighted by Gasteiger charge is 2.16. The summed E-state index contributed by atoms with van der Waals surface area (Å²) in [5.41, 5.74) is 1.94. The molecular formula is C15H24N4O2. The van der Waals surface area contributed by atoms with Crippen LogP contribution in [0.15, 0.2) is 4.52 Å². The van der Waals surface area contributed by atoms with E-state index in [1.54, 1.807) is 4.68 Å². The Morgan fingerprint density at radius 3 is 2.67 bits per heavy atom. The summed E-state index contributed by atoms with van der Waals surface area (Å²) in [6.45, 7) is 8.72. The minimum Gasteiger partial charge on any atom is -0.394 e. The second kappa shape index (κ2) is 6.85. The molecule has 21 heavy (non-hydrogen) atoms. The predicted octanol–water partition coefficient (Wildman–Crippen LogP) is 2.05. The van der Waals surface area contributed by atoms with E-state index < -0.39 is 0 Å². The Labute approximate surface area is 125 Å². The molecule has 116 valence electrons. The van der Waals surface area contributed by atoms with Gasteiger partial charge >= 0.3 is 0 Å². The van der Waals surface area contributed by atoms with Gasteiger partial charge in [-0.1, -0.05) is 25.4 Å². The third-order valence-electron chi connectivity index (χ3n) is 3.85. The van der Waals surface area contributed by atoms with Crippen LogP contribution in [0.3, 0.4) is 0 Å². The van der Waals surface area contributed by atoms with Crippen LogP contribution in [0.4, 0.5) is 0 Å². The van der Waals surface area contributed by atoms with Gasteiger partial charge in [-0.2, -0.15) is 5.10 Å². The molecule has 0 aliphatic rings. The van der Waals surface area contributed by atoms with Gasteiger partial charge in [0.2, 0.25) is 0 Å². The van der Waals surface area contributed by atoms with E-state index in [1.165, 1.54) is 0 Å². The SMILES string of the molecule is CCC(C)Cc1nc(Cc2c(C)noc2C)n(CCO)n1. The molecule has 0 radical (unpaired) electrons. The van der Waals surface area contributed by atoms with Gasteiger partial charge in [0.05, 0.1) is 18.8 Å². The summed E-state index contributed by atoms with van der Waals surface area (Å²) in [4.78, 5) is 4.65. The highest BCUT2D eigenvalue weighted by Crippen LogP contribution is 2.17. The third kappa shape index (κ3) is 3.69. The van der Waals surface area contributed by atoms with Gasteiger partial charge in [-0.05, 0) is 19.8 Å². The van der Waals surface area contributed by atoms with Crippen molar-refractivity contribution in [2.24, 2.45) is 5.92 Å². The molecule has 0 fully saturated rings. The summed E-state index contributed by atoms with van der Waals surface area (Å²) in [6, 6.07) is 0. The Balaban J connectivity index is 2.24. The van der Waals surface area contributed by atoms with E-state index in [-0.39, 0.29) is 6.61 Å². The molecule has 0 aliphatic heterocycles. The first-order chi connectivity index (χ1) is 10.0. The number of hydrogen-bond donors (Lipinski definition) is 1. The summed E-state index contributed by atoms with van der Waals surface area (Å²) in [5.74, 6) is 3.08. The van der Waals surface area contributed by atoms with Crippen LogP contribution in [0.1, 0.15) is 48.9 Å². The molecule has 6 nitrogen and oxygen atoms in total. The Morgan fingerprint density at radius 2 is 2.10 bits per heavy atom. The standard InChI is InChI=1S/C15H24N4O2/c1-5-10(2)8-14-16-15(19(17-14)6-7-20)9-13-11(3)18-21-12(13)4/h10,20H,5-9H2,1-4H3. The topological polar surface area (TPSA) is 77.0 Å². The smallest absolute Gasteiger partial charge is 0.151 e. The fourth-order valence-corrected chi connectivity index (χ4v) is 2.29. The number of nitrogens with zero attached hydrogens (tertiary/aromatic N) is 4. The molecular weight excluding hydrogens is 268 g/mol. The molecule has 2 heterocycles. The lowest BCUT2D eigenvalue weighted by Crippen LogP contribution is -2.10. The molecule has 0 bridgehead atoms. The number of hydrogen-bond acceptors (Lipinski definition) is 5. The zero-order valence-corrected chi connectivity index (χ0v) is 13.3. The maximum atomic E-state index is 9.20. The molecule has 0 aliphatic carbocycles. The fourth-order valence-electron chi connectivity index (χ4n) is 2.29. The van der Waals surface area contributed by atoms with Crippen LogP contribution in [0.2, 0.25) is 0 Å². The Hall–Kier alpha value is -1.69. The lowest BCUT2D eigenvalue weighted by molar-refractivity contribution is 0.267. The van der Waals surface area contributed by atoms with E-state index in [9.17, 15) is 5.11 Å². The molecule has 0 spiro atoms. The van der Waals surface area contributed by atoms with Gasteiger partial charge in [0.15, 0.2) is 5.82 Å². The first kappa shape index (κ1) is 15.7. The molecule has 1 N–H and O–H groups in total. The summed E-state index contributed by atoms with van der Waals surface area (Å²) in [7, 11) is 0. The van der Waals surface area contributed by atoms with Gasteiger partial charge in [-0.15, -0.1) is 0 Å². The number of aliphatic hydroxyl groups is 1. The van der Waals surface area contributed by atoms with Crippen molar-refractivity contribution >= 4 is 0 Å². The van der Waals surface area contributed by atoms with Crippen molar-refractivity contribution in [3.05, 3.63) is 28.7 Å². The highest BCUT2D eigenvalue weighted by molar-refractivity contribution is 5.24. The van der Waals surface area contributed by atoms with Crippen molar-refractivity contribution in [3.63, 3.8) is 0 Å². The van der Waals surface area contributed by atoms with Gasteiger partial charge in [-0.25, -0.2) is 9.67 Å². The lowest BCUT2D eigenvalue weighted by Gasteiger charge is -2.03. The molecule has 2 rings (SSSR count). The number of aliphatic hydroxyl groups excluding tert-OH is 1. The van der Waals surface area contributed by atoms with E-state index >= 15 is 0 Å². The first-order valence-corrected chi connectivity index (χ1v) is 7.50. The molecule has 6 heteroatoms. The zero-order valence-electron chi connectivity index (χ0n) is 13.3. The average molecular weight is 292 g/mol. The zero-order chi connectivity index (χ0) is 15.4. The van der Waals surface area contributed by atoms with Crippen molar-refractivity contribution in [1.29, 1.82) is 0 Å². The normalized spacial score (nSPS) is 12.8. The Morgan fingerprint density at radius 1 is 1.33 bits per heavy atom. The van der Waals surface area contributed by atoms with Gasteiger partial charge < -0.3 is 9.63 Å². The largest absolute Gasteiger partial charge is 0.394 e. The molecule has 0 aromatic carbocycles. The second-order valence-corrected chi connectivity index (χ2v) is 5.59. The fraction of sp³-hybridized carbons (Fsp3) is 0.667. The van der Waals surface area contributed by atoms with Crippen molar-refractivity contribution in [2.75, 3.05) is 6.61 Å². The van der Waals surface area contributed by atoms with E-state index in [1.807, 2.05) is 13.8 Å².